The summed E-state index contributed by atoms with van der Waals surface area (Å²) in [4.78, 5) is 16.1. The van der Waals surface area contributed by atoms with E-state index >= 15 is 0 Å². The first-order valence-electron chi connectivity index (χ1n) is 7.88. The van der Waals surface area contributed by atoms with Gasteiger partial charge in [0.05, 0.1) is 5.52 Å². The Labute approximate surface area is 142 Å². The van der Waals surface area contributed by atoms with Gasteiger partial charge in [0.25, 0.3) is 0 Å². The lowest BCUT2D eigenvalue weighted by atomic mass is 10.1. The fourth-order valence-corrected chi connectivity index (χ4v) is 2.73. The quantitative estimate of drug-likeness (QED) is 0.611. The molecule has 0 aliphatic heterocycles. The number of rotatable bonds is 4. The van der Waals surface area contributed by atoms with Gasteiger partial charge in [0.2, 0.25) is 0 Å². The fraction of sp³-hybridized carbons (Fsp3) is 0.105. The van der Waals surface area contributed by atoms with Crippen molar-refractivity contribution in [2.45, 2.75) is 12.8 Å². The molecule has 0 radical (unpaired) electrons. The Morgan fingerprint density at radius 1 is 0.880 bits per heavy atom. The summed E-state index contributed by atoms with van der Waals surface area (Å²) in [6.45, 7) is 0. The van der Waals surface area contributed by atoms with Crippen molar-refractivity contribution in [1.82, 2.24) is 19.9 Å². The number of nitrogens with one attached hydrogen (secondary N) is 1. The zero-order valence-electron chi connectivity index (χ0n) is 13.2. The van der Waals surface area contributed by atoms with Crippen molar-refractivity contribution >= 4 is 11.2 Å². The standard InChI is InChI=1S/C19H14F2N4/c20-15-3-1-12(9-16(15)21)2-4-18-24-17-10-14(11-23-19(17)25-18)13-5-7-22-8-6-13/h1,3,5-11H,2,4H2,(H,23,24,25). The van der Waals surface area contributed by atoms with Crippen LogP contribution in [0.1, 0.15) is 11.4 Å². The van der Waals surface area contributed by atoms with Gasteiger partial charge in [0.15, 0.2) is 17.3 Å². The molecule has 1 aromatic carbocycles. The number of pyridine rings is 2. The van der Waals surface area contributed by atoms with E-state index in [9.17, 15) is 8.78 Å². The van der Waals surface area contributed by atoms with Crippen molar-refractivity contribution in [2.24, 2.45) is 0 Å². The molecular weight excluding hydrogens is 322 g/mol. The van der Waals surface area contributed by atoms with Crippen LogP contribution in [0.4, 0.5) is 8.78 Å². The summed E-state index contributed by atoms with van der Waals surface area (Å²) in [5.41, 5.74) is 4.21. The van der Waals surface area contributed by atoms with Crippen LogP contribution in [0.3, 0.4) is 0 Å². The summed E-state index contributed by atoms with van der Waals surface area (Å²) >= 11 is 0. The van der Waals surface area contributed by atoms with Crippen LogP contribution < -0.4 is 0 Å². The smallest absolute Gasteiger partial charge is 0.177 e. The van der Waals surface area contributed by atoms with Gasteiger partial charge in [-0.1, -0.05) is 6.07 Å². The lowest BCUT2D eigenvalue weighted by molar-refractivity contribution is 0.507. The van der Waals surface area contributed by atoms with Crippen molar-refractivity contribution in [1.29, 1.82) is 0 Å². The van der Waals surface area contributed by atoms with Gasteiger partial charge in [-0.3, -0.25) is 4.98 Å². The Hall–Kier alpha value is -3.15. The number of hydrogen-bond donors (Lipinski definition) is 1. The van der Waals surface area contributed by atoms with Gasteiger partial charge in [-0.25, -0.2) is 18.7 Å². The van der Waals surface area contributed by atoms with Crippen LogP contribution in [-0.2, 0) is 12.8 Å². The monoisotopic (exact) mass is 336 g/mol. The van der Waals surface area contributed by atoms with Gasteiger partial charge in [-0.2, -0.15) is 0 Å². The minimum absolute atomic E-state index is 0.564. The van der Waals surface area contributed by atoms with Gasteiger partial charge in [0, 0.05) is 30.6 Å². The molecule has 4 aromatic rings. The second-order valence-corrected chi connectivity index (χ2v) is 5.76. The number of benzene rings is 1. The fourth-order valence-electron chi connectivity index (χ4n) is 2.73. The van der Waals surface area contributed by atoms with Crippen LogP contribution in [0.15, 0.2) is 55.0 Å². The molecule has 0 bridgehead atoms. The second kappa shape index (κ2) is 6.39. The van der Waals surface area contributed by atoms with E-state index in [2.05, 4.69) is 19.9 Å². The van der Waals surface area contributed by atoms with Crippen LogP contribution >= 0.6 is 0 Å². The third-order valence-corrected chi connectivity index (χ3v) is 4.03. The lowest BCUT2D eigenvalue weighted by Crippen LogP contribution is -1.95. The summed E-state index contributed by atoms with van der Waals surface area (Å²) in [5, 5.41) is 0. The van der Waals surface area contributed by atoms with Crippen molar-refractivity contribution < 1.29 is 8.78 Å². The number of imidazole rings is 1. The van der Waals surface area contributed by atoms with Crippen molar-refractivity contribution in [3.8, 4) is 11.1 Å². The van der Waals surface area contributed by atoms with Gasteiger partial charge in [-0.15, -0.1) is 0 Å². The minimum Gasteiger partial charge on any atom is -0.341 e. The molecule has 3 aromatic heterocycles. The average molecular weight is 336 g/mol. The molecular formula is C19H14F2N4. The molecule has 4 rings (SSSR count). The van der Waals surface area contributed by atoms with Crippen LogP contribution in [0, 0.1) is 11.6 Å². The van der Waals surface area contributed by atoms with E-state index in [0.717, 1.165) is 34.1 Å². The van der Waals surface area contributed by atoms with Crippen molar-refractivity contribution in [2.75, 3.05) is 0 Å². The Bertz CT molecular complexity index is 1030. The number of nitrogens with zero attached hydrogens (tertiary/aromatic N) is 3. The predicted molar refractivity (Wildman–Crippen MR) is 90.9 cm³/mol. The molecule has 0 aliphatic rings. The molecule has 0 amide bonds. The number of aromatic amines is 1. The second-order valence-electron chi connectivity index (χ2n) is 5.76. The van der Waals surface area contributed by atoms with Crippen molar-refractivity contribution in [3.05, 3.63) is 78.0 Å². The van der Waals surface area contributed by atoms with E-state index in [1.807, 2.05) is 18.2 Å². The zero-order valence-corrected chi connectivity index (χ0v) is 13.2. The number of aryl methyl sites for hydroxylation is 2. The average Bonchev–Trinajstić information content (AvgIpc) is 3.05. The number of fused-ring (bicyclic) bond motifs is 1. The molecule has 25 heavy (non-hydrogen) atoms. The molecule has 1 N–H and O–H groups in total. The zero-order chi connectivity index (χ0) is 17.2. The van der Waals surface area contributed by atoms with Gasteiger partial charge in [0.1, 0.15) is 5.82 Å². The molecule has 124 valence electrons. The Balaban J connectivity index is 1.55. The largest absolute Gasteiger partial charge is 0.341 e. The van der Waals surface area contributed by atoms with E-state index in [-0.39, 0.29) is 0 Å². The molecule has 3 heterocycles. The molecule has 0 aliphatic carbocycles. The highest BCUT2D eigenvalue weighted by atomic mass is 19.2. The number of hydrogen-bond acceptors (Lipinski definition) is 3. The minimum atomic E-state index is -0.833. The van der Waals surface area contributed by atoms with E-state index in [1.165, 1.54) is 6.07 Å². The van der Waals surface area contributed by atoms with E-state index < -0.39 is 11.6 Å². The van der Waals surface area contributed by atoms with Crippen LogP contribution in [-0.4, -0.2) is 19.9 Å². The molecule has 0 unspecified atom stereocenters. The molecule has 0 saturated carbocycles. The maximum absolute atomic E-state index is 13.3. The highest BCUT2D eigenvalue weighted by molar-refractivity contribution is 5.77. The summed E-state index contributed by atoms with van der Waals surface area (Å²) in [5.74, 6) is -0.898. The van der Waals surface area contributed by atoms with Crippen LogP contribution in [0.25, 0.3) is 22.3 Å². The van der Waals surface area contributed by atoms with E-state index in [0.29, 0.717) is 18.5 Å². The molecule has 6 heteroatoms. The first kappa shape index (κ1) is 15.4. The van der Waals surface area contributed by atoms with Gasteiger partial charge < -0.3 is 4.98 Å². The first-order valence-corrected chi connectivity index (χ1v) is 7.88. The highest BCUT2D eigenvalue weighted by Gasteiger charge is 2.08. The Morgan fingerprint density at radius 2 is 1.72 bits per heavy atom. The molecule has 0 saturated heterocycles. The normalized spacial score (nSPS) is 11.1. The highest BCUT2D eigenvalue weighted by Crippen LogP contribution is 2.21. The summed E-state index contributed by atoms with van der Waals surface area (Å²) < 4.78 is 26.2. The summed E-state index contributed by atoms with van der Waals surface area (Å²) in [7, 11) is 0. The summed E-state index contributed by atoms with van der Waals surface area (Å²) in [6.07, 6.45) is 6.40. The molecule has 0 atom stereocenters. The number of halogens is 2. The third kappa shape index (κ3) is 3.24. The molecule has 0 spiro atoms. The van der Waals surface area contributed by atoms with E-state index in [4.69, 9.17) is 0 Å². The molecule has 4 nitrogen and oxygen atoms in total. The maximum atomic E-state index is 13.3. The third-order valence-electron chi connectivity index (χ3n) is 4.03. The maximum Gasteiger partial charge on any atom is 0.177 e. The lowest BCUT2D eigenvalue weighted by Gasteiger charge is -2.00. The van der Waals surface area contributed by atoms with Gasteiger partial charge >= 0.3 is 0 Å². The van der Waals surface area contributed by atoms with Crippen LogP contribution in [0.5, 0.6) is 0 Å². The van der Waals surface area contributed by atoms with Gasteiger partial charge in [-0.05, 0) is 47.9 Å². The Morgan fingerprint density at radius 3 is 2.52 bits per heavy atom. The first-order chi connectivity index (χ1) is 12.2. The predicted octanol–water partition coefficient (Wildman–Crippen LogP) is 4.08. The topological polar surface area (TPSA) is 54.5 Å². The SMILES string of the molecule is Fc1ccc(CCc2nc3ncc(-c4ccncc4)cc3[nH]2)cc1F. The summed E-state index contributed by atoms with van der Waals surface area (Å²) in [6, 6.07) is 9.78. The number of aromatic nitrogens is 4. The Kier molecular flexibility index (Phi) is 3.93. The van der Waals surface area contributed by atoms with Crippen molar-refractivity contribution in [3.63, 3.8) is 0 Å². The molecule has 0 fully saturated rings. The number of H-pyrrole nitrogens is 1. The van der Waals surface area contributed by atoms with E-state index in [1.54, 1.807) is 24.7 Å². The van der Waals surface area contributed by atoms with Crippen LogP contribution in [0.2, 0.25) is 0 Å².